The van der Waals surface area contributed by atoms with Crippen molar-refractivity contribution in [3.05, 3.63) is 23.8 Å². The fraction of sp³-hybridized carbons (Fsp3) is 0.273. The van der Waals surface area contributed by atoms with Crippen LogP contribution in [0.2, 0.25) is 0 Å². The summed E-state index contributed by atoms with van der Waals surface area (Å²) in [5, 5.41) is 12.1. The van der Waals surface area contributed by atoms with Gasteiger partial charge in [0.25, 0.3) is 0 Å². The van der Waals surface area contributed by atoms with Crippen molar-refractivity contribution in [2.45, 2.75) is 6.92 Å². The van der Waals surface area contributed by atoms with Crippen LogP contribution in [0.3, 0.4) is 0 Å². The lowest BCUT2D eigenvalue weighted by Gasteiger charge is -2.02. The molecule has 0 radical (unpaired) electrons. The van der Waals surface area contributed by atoms with Crippen LogP contribution in [-0.2, 0) is 9.63 Å². The first kappa shape index (κ1) is 11.3. The van der Waals surface area contributed by atoms with Gasteiger partial charge in [-0.2, -0.15) is 0 Å². The van der Waals surface area contributed by atoms with Crippen LogP contribution in [0.25, 0.3) is 0 Å². The summed E-state index contributed by atoms with van der Waals surface area (Å²) in [6.07, 6.45) is 0. The molecule has 0 aromatic heterocycles. The van der Waals surface area contributed by atoms with Gasteiger partial charge in [-0.25, -0.2) is 4.79 Å². The molecule has 0 spiro atoms. The second kappa shape index (κ2) is 4.73. The van der Waals surface area contributed by atoms with Crippen molar-refractivity contribution >= 4 is 11.7 Å². The molecular formula is C11H11NO5. The molecule has 0 amide bonds. The van der Waals surface area contributed by atoms with Crippen molar-refractivity contribution in [2.24, 2.45) is 5.16 Å². The summed E-state index contributed by atoms with van der Waals surface area (Å²) < 4.78 is 10.4. The Bertz CT molecular complexity index is 469. The van der Waals surface area contributed by atoms with Crippen molar-refractivity contribution in [1.29, 1.82) is 0 Å². The van der Waals surface area contributed by atoms with Crippen LogP contribution >= 0.6 is 0 Å². The van der Waals surface area contributed by atoms with E-state index in [1.165, 1.54) is 0 Å². The Morgan fingerprint density at radius 1 is 1.47 bits per heavy atom. The average molecular weight is 237 g/mol. The molecule has 0 bridgehead atoms. The van der Waals surface area contributed by atoms with Gasteiger partial charge in [0, 0.05) is 5.56 Å². The minimum absolute atomic E-state index is 0.213. The van der Waals surface area contributed by atoms with Crippen molar-refractivity contribution in [2.75, 3.05) is 13.4 Å². The molecule has 0 unspecified atom stereocenters. The van der Waals surface area contributed by atoms with Gasteiger partial charge < -0.3 is 19.4 Å². The van der Waals surface area contributed by atoms with Crippen LogP contribution in [0.4, 0.5) is 0 Å². The molecule has 1 aromatic carbocycles. The maximum absolute atomic E-state index is 10.2. The summed E-state index contributed by atoms with van der Waals surface area (Å²) in [6.45, 7) is 1.48. The average Bonchev–Trinajstić information content (AvgIpc) is 2.75. The van der Waals surface area contributed by atoms with Crippen molar-refractivity contribution in [1.82, 2.24) is 0 Å². The van der Waals surface area contributed by atoms with E-state index in [-0.39, 0.29) is 6.79 Å². The lowest BCUT2D eigenvalue weighted by Crippen LogP contribution is -2.05. The SMILES string of the molecule is C/C(=N/OCC(=O)O)c1ccc2c(c1)OCO2. The highest BCUT2D eigenvalue weighted by Gasteiger charge is 2.14. The molecule has 0 fully saturated rings. The van der Waals surface area contributed by atoms with Gasteiger partial charge >= 0.3 is 5.97 Å². The van der Waals surface area contributed by atoms with Gasteiger partial charge in [-0.15, -0.1) is 0 Å². The van der Waals surface area contributed by atoms with Gasteiger partial charge in [0.1, 0.15) is 0 Å². The third-order valence-corrected chi connectivity index (χ3v) is 2.18. The first-order chi connectivity index (χ1) is 8.16. The molecule has 1 heterocycles. The summed E-state index contributed by atoms with van der Waals surface area (Å²) in [5.74, 6) is 0.274. The smallest absolute Gasteiger partial charge is 0.344 e. The molecule has 90 valence electrons. The maximum Gasteiger partial charge on any atom is 0.344 e. The molecular weight excluding hydrogens is 226 g/mol. The number of fused-ring (bicyclic) bond motifs is 1. The molecule has 6 heteroatoms. The third-order valence-electron chi connectivity index (χ3n) is 2.18. The molecule has 6 nitrogen and oxygen atoms in total. The minimum Gasteiger partial charge on any atom is -0.479 e. The number of hydrogen-bond donors (Lipinski definition) is 1. The number of carboxylic acid groups (broad SMARTS) is 1. The Morgan fingerprint density at radius 2 is 2.24 bits per heavy atom. The van der Waals surface area contributed by atoms with E-state index in [1.54, 1.807) is 25.1 Å². The zero-order chi connectivity index (χ0) is 12.3. The van der Waals surface area contributed by atoms with E-state index in [0.29, 0.717) is 17.2 Å². The number of nitrogens with zero attached hydrogens (tertiary/aromatic N) is 1. The minimum atomic E-state index is -1.06. The molecule has 2 rings (SSSR count). The topological polar surface area (TPSA) is 77.4 Å². The highest BCUT2D eigenvalue weighted by molar-refractivity contribution is 5.98. The number of ether oxygens (including phenoxy) is 2. The predicted molar refractivity (Wildman–Crippen MR) is 58.4 cm³/mol. The molecule has 1 aromatic rings. The van der Waals surface area contributed by atoms with E-state index in [9.17, 15) is 4.79 Å². The van der Waals surface area contributed by atoms with Crippen molar-refractivity contribution in [3.8, 4) is 11.5 Å². The molecule has 0 saturated heterocycles. The summed E-state index contributed by atoms with van der Waals surface area (Å²) in [5.41, 5.74) is 1.36. The monoisotopic (exact) mass is 237 g/mol. The second-order valence-corrected chi connectivity index (χ2v) is 3.41. The lowest BCUT2D eigenvalue weighted by molar-refractivity contribution is -0.142. The van der Waals surface area contributed by atoms with Crippen LogP contribution in [-0.4, -0.2) is 30.2 Å². The van der Waals surface area contributed by atoms with E-state index in [0.717, 1.165) is 5.56 Å². The fourth-order valence-corrected chi connectivity index (χ4v) is 1.36. The summed E-state index contributed by atoms with van der Waals surface area (Å²) in [7, 11) is 0. The number of hydrogen-bond acceptors (Lipinski definition) is 5. The first-order valence-electron chi connectivity index (χ1n) is 4.95. The number of benzene rings is 1. The lowest BCUT2D eigenvalue weighted by atomic mass is 10.1. The molecule has 1 N–H and O–H groups in total. The summed E-state index contributed by atoms with van der Waals surface area (Å²) in [6, 6.07) is 5.34. The van der Waals surface area contributed by atoms with Gasteiger partial charge in [-0.05, 0) is 25.1 Å². The normalized spacial score (nSPS) is 13.6. The van der Waals surface area contributed by atoms with E-state index >= 15 is 0 Å². The predicted octanol–water partition coefficient (Wildman–Crippen LogP) is 1.24. The van der Waals surface area contributed by atoms with Gasteiger partial charge in [-0.1, -0.05) is 5.16 Å². The van der Waals surface area contributed by atoms with Crippen LogP contribution in [0.15, 0.2) is 23.4 Å². The van der Waals surface area contributed by atoms with E-state index < -0.39 is 12.6 Å². The molecule has 0 atom stereocenters. The molecule has 0 saturated carbocycles. The Hall–Kier alpha value is -2.24. The zero-order valence-electron chi connectivity index (χ0n) is 9.17. The van der Waals surface area contributed by atoms with E-state index in [4.69, 9.17) is 14.6 Å². The molecule has 0 aliphatic carbocycles. The number of rotatable bonds is 4. The van der Waals surface area contributed by atoms with Gasteiger partial charge in [0.15, 0.2) is 11.5 Å². The van der Waals surface area contributed by atoms with Crippen molar-refractivity contribution in [3.63, 3.8) is 0 Å². The highest BCUT2D eigenvalue weighted by Crippen LogP contribution is 2.32. The second-order valence-electron chi connectivity index (χ2n) is 3.41. The number of oxime groups is 1. The summed E-state index contributed by atoms with van der Waals surface area (Å²) in [4.78, 5) is 14.9. The standard InChI is InChI=1S/C11H11NO5/c1-7(12-17-5-11(13)14)8-2-3-9-10(4-8)16-6-15-9/h2-4H,5-6H2,1H3,(H,13,14)/b12-7-. The third kappa shape index (κ3) is 2.66. The maximum atomic E-state index is 10.2. The Balaban J connectivity index is 2.08. The Labute approximate surface area is 97.4 Å². The fourth-order valence-electron chi connectivity index (χ4n) is 1.36. The number of carbonyl (C=O) groups is 1. The Morgan fingerprint density at radius 3 is 3.00 bits per heavy atom. The Kier molecular flexibility index (Phi) is 3.13. The van der Waals surface area contributed by atoms with Crippen LogP contribution in [0, 0.1) is 0 Å². The largest absolute Gasteiger partial charge is 0.479 e. The van der Waals surface area contributed by atoms with Gasteiger partial charge in [-0.3, -0.25) is 0 Å². The quantitative estimate of drug-likeness (QED) is 0.629. The molecule has 1 aliphatic heterocycles. The van der Waals surface area contributed by atoms with Crippen LogP contribution in [0.1, 0.15) is 12.5 Å². The first-order valence-corrected chi connectivity index (χ1v) is 4.95. The van der Waals surface area contributed by atoms with Crippen LogP contribution < -0.4 is 9.47 Å². The molecule has 17 heavy (non-hydrogen) atoms. The van der Waals surface area contributed by atoms with Gasteiger partial charge in [0.2, 0.25) is 13.4 Å². The highest BCUT2D eigenvalue weighted by atomic mass is 16.7. The van der Waals surface area contributed by atoms with E-state index in [1.807, 2.05) is 0 Å². The zero-order valence-corrected chi connectivity index (χ0v) is 9.17. The number of aliphatic carboxylic acids is 1. The number of carboxylic acids is 1. The van der Waals surface area contributed by atoms with E-state index in [2.05, 4.69) is 9.99 Å². The summed E-state index contributed by atoms with van der Waals surface area (Å²) >= 11 is 0. The molecule has 1 aliphatic rings. The van der Waals surface area contributed by atoms with Crippen LogP contribution in [0.5, 0.6) is 11.5 Å². The van der Waals surface area contributed by atoms with Gasteiger partial charge in [0.05, 0.1) is 5.71 Å². The van der Waals surface area contributed by atoms with Crippen molar-refractivity contribution < 1.29 is 24.2 Å².